The Labute approximate surface area is 204 Å². The van der Waals surface area contributed by atoms with Crippen LogP contribution in [0.2, 0.25) is 0 Å². The Hall–Kier alpha value is -4.20. The van der Waals surface area contributed by atoms with E-state index < -0.39 is 17.9 Å². The summed E-state index contributed by atoms with van der Waals surface area (Å²) >= 11 is 0. The Morgan fingerprint density at radius 3 is 2.46 bits per heavy atom. The van der Waals surface area contributed by atoms with Crippen molar-refractivity contribution < 1.29 is 14.4 Å². The van der Waals surface area contributed by atoms with E-state index in [0.717, 1.165) is 0 Å². The van der Waals surface area contributed by atoms with Gasteiger partial charge in [0.15, 0.2) is 0 Å². The first-order valence-electron chi connectivity index (χ1n) is 11.5. The van der Waals surface area contributed by atoms with Gasteiger partial charge >= 0.3 is 6.03 Å². The average molecular weight is 479 g/mol. The maximum atomic E-state index is 12.8. The molecule has 35 heavy (non-hydrogen) atoms. The van der Waals surface area contributed by atoms with Gasteiger partial charge in [0.2, 0.25) is 11.9 Å². The molecule has 184 valence electrons. The number of benzene rings is 1. The molecular weight excluding hydrogens is 448 g/mol. The van der Waals surface area contributed by atoms with Crippen molar-refractivity contribution in [2.75, 3.05) is 42.9 Å². The predicted molar refractivity (Wildman–Crippen MR) is 131 cm³/mol. The van der Waals surface area contributed by atoms with Gasteiger partial charge in [0.1, 0.15) is 12.6 Å². The number of rotatable bonds is 8. The van der Waals surface area contributed by atoms with Crippen LogP contribution < -0.4 is 20.9 Å². The Morgan fingerprint density at radius 1 is 1.09 bits per heavy atom. The fraction of sp³-hybridized carbons (Fsp3) is 0.417. The summed E-state index contributed by atoms with van der Waals surface area (Å²) in [7, 11) is 0. The van der Waals surface area contributed by atoms with Crippen molar-refractivity contribution in [2.45, 2.75) is 26.3 Å². The zero-order valence-corrected chi connectivity index (χ0v) is 19.9. The SMILES string of the molecule is CC(C)C[C@H](NC(=O)c1cccc(NC(=O)N2CCN(c3ncccn3)CC2)c1)C(=O)NCC#N. The van der Waals surface area contributed by atoms with E-state index in [1.807, 2.05) is 24.8 Å². The van der Waals surface area contributed by atoms with Crippen LogP contribution in [0.3, 0.4) is 0 Å². The molecule has 0 spiro atoms. The lowest BCUT2D eigenvalue weighted by Gasteiger charge is -2.34. The summed E-state index contributed by atoms with van der Waals surface area (Å²) in [6.45, 7) is 6.02. The number of nitrogens with one attached hydrogen (secondary N) is 3. The van der Waals surface area contributed by atoms with Crippen LogP contribution in [0, 0.1) is 17.2 Å². The number of carbonyl (C=O) groups is 3. The second kappa shape index (κ2) is 12.3. The third-order valence-electron chi connectivity index (χ3n) is 5.45. The molecule has 1 atom stereocenters. The largest absolute Gasteiger partial charge is 0.341 e. The highest BCUT2D eigenvalue weighted by molar-refractivity contribution is 5.99. The first kappa shape index (κ1) is 25.4. The average Bonchev–Trinajstić information content (AvgIpc) is 2.87. The van der Waals surface area contributed by atoms with Gasteiger partial charge in [0, 0.05) is 49.8 Å². The second-order valence-electron chi connectivity index (χ2n) is 8.57. The summed E-state index contributed by atoms with van der Waals surface area (Å²) in [6.07, 6.45) is 3.81. The molecule has 0 saturated carbocycles. The standard InChI is InChI=1S/C24H30N8O3/c1-17(2)15-20(22(34)26-10-7-25)30-21(33)18-5-3-6-19(16-18)29-24(35)32-13-11-31(12-14-32)23-27-8-4-9-28-23/h3-6,8-9,16-17,20H,10-15H2,1-2H3,(H,26,34)(H,29,35)(H,30,33)/t20-/m0/s1. The van der Waals surface area contributed by atoms with Crippen LogP contribution in [0.5, 0.6) is 0 Å². The van der Waals surface area contributed by atoms with Crippen LogP contribution in [-0.4, -0.2) is 71.5 Å². The van der Waals surface area contributed by atoms with E-state index in [4.69, 9.17) is 5.26 Å². The number of piperazine rings is 1. The second-order valence-corrected chi connectivity index (χ2v) is 8.57. The highest BCUT2D eigenvalue weighted by Gasteiger charge is 2.24. The van der Waals surface area contributed by atoms with E-state index in [9.17, 15) is 14.4 Å². The van der Waals surface area contributed by atoms with Crippen molar-refractivity contribution in [2.24, 2.45) is 5.92 Å². The molecule has 1 saturated heterocycles. The molecule has 2 heterocycles. The van der Waals surface area contributed by atoms with Crippen LogP contribution in [0.4, 0.5) is 16.4 Å². The molecular formula is C24H30N8O3. The van der Waals surface area contributed by atoms with Crippen LogP contribution >= 0.6 is 0 Å². The van der Waals surface area contributed by atoms with E-state index in [2.05, 4.69) is 25.9 Å². The van der Waals surface area contributed by atoms with Crippen molar-refractivity contribution in [3.05, 3.63) is 48.3 Å². The van der Waals surface area contributed by atoms with E-state index in [0.29, 0.717) is 49.8 Å². The molecule has 11 nitrogen and oxygen atoms in total. The zero-order valence-electron chi connectivity index (χ0n) is 19.9. The number of nitrogens with zero attached hydrogens (tertiary/aromatic N) is 5. The molecule has 0 unspecified atom stereocenters. The summed E-state index contributed by atoms with van der Waals surface area (Å²) < 4.78 is 0. The van der Waals surface area contributed by atoms with E-state index in [-0.39, 0.29) is 18.5 Å². The molecule has 1 aliphatic rings. The van der Waals surface area contributed by atoms with Crippen LogP contribution in [0.25, 0.3) is 0 Å². The molecule has 11 heteroatoms. The van der Waals surface area contributed by atoms with Gasteiger partial charge in [-0.05, 0) is 36.6 Å². The number of hydrogen-bond acceptors (Lipinski definition) is 7. The van der Waals surface area contributed by atoms with Gasteiger partial charge in [-0.1, -0.05) is 19.9 Å². The molecule has 1 fully saturated rings. The van der Waals surface area contributed by atoms with E-state index >= 15 is 0 Å². The molecule has 3 N–H and O–H groups in total. The lowest BCUT2D eigenvalue weighted by Crippen LogP contribution is -2.50. The number of urea groups is 1. The van der Waals surface area contributed by atoms with Crippen LogP contribution in [-0.2, 0) is 4.79 Å². The number of hydrogen-bond donors (Lipinski definition) is 3. The first-order chi connectivity index (χ1) is 16.9. The lowest BCUT2D eigenvalue weighted by atomic mass is 10.0. The maximum absolute atomic E-state index is 12.8. The molecule has 0 aliphatic carbocycles. The van der Waals surface area contributed by atoms with Gasteiger partial charge in [-0.3, -0.25) is 9.59 Å². The van der Waals surface area contributed by atoms with Gasteiger partial charge in [-0.25, -0.2) is 14.8 Å². The van der Waals surface area contributed by atoms with Crippen molar-refractivity contribution in [1.82, 2.24) is 25.5 Å². The summed E-state index contributed by atoms with van der Waals surface area (Å²) in [5, 5.41) is 16.8. The predicted octanol–water partition coefficient (Wildman–Crippen LogP) is 1.61. The van der Waals surface area contributed by atoms with Crippen molar-refractivity contribution in [1.29, 1.82) is 5.26 Å². The fourth-order valence-corrected chi connectivity index (χ4v) is 3.70. The summed E-state index contributed by atoms with van der Waals surface area (Å²) in [6, 6.07) is 9.15. The minimum Gasteiger partial charge on any atom is -0.341 e. The highest BCUT2D eigenvalue weighted by Crippen LogP contribution is 2.15. The number of anilines is 2. The lowest BCUT2D eigenvalue weighted by molar-refractivity contribution is -0.123. The zero-order chi connectivity index (χ0) is 25.2. The summed E-state index contributed by atoms with van der Waals surface area (Å²) in [5.41, 5.74) is 0.793. The van der Waals surface area contributed by atoms with Gasteiger partial charge in [-0.15, -0.1) is 0 Å². The van der Waals surface area contributed by atoms with Crippen molar-refractivity contribution in [3.8, 4) is 6.07 Å². The normalized spacial score (nSPS) is 14.1. The Bertz CT molecular complexity index is 1060. The highest BCUT2D eigenvalue weighted by atomic mass is 16.2. The van der Waals surface area contributed by atoms with E-state index in [1.54, 1.807) is 47.6 Å². The monoisotopic (exact) mass is 478 g/mol. The quantitative estimate of drug-likeness (QED) is 0.489. The first-order valence-corrected chi connectivity index (χ1v) is 11.5. The van der Waals surface area contributed by atoms with Crippen molar-refractivity contribution >= 4 is 29.5 Å². The molecule has 4 amide bonds. The smallest absolute Gasteiger partial charge is 0.321 e. The maximum Gasteiger partial charge on any atom is 0.321 e. The molecule has 0 radical (unpaired) electrons. The molecule has 2 aromatic rings. The van der Waals surface area contributed by atoms with Crippen molar-refractivity contribution in [3.63, 3.8) is 0 Å². The number of carbonyl (C=O) groups excluding carboxylic acids is 3. The molecule has 1 aliphatic heterocycles. The number of amides is 4. The molecule has 0 bridgehead atoms. The van der Waals surface area contributed by atoms with Crippen LogP contribution in [0.1, 0.15) is 30.6 Å². The molecule has 1 aromatic carbocycles. The minimum atomic E-state index is -0.765. The Kier molecular flexibility index (Phi) is 8.95. The topological polar surface area (TPSA) is 143 Å². The Balaban J connectivity index is 1.58. The number of aromatic nitrogens is 2. The molecule has 1 aromatic heterocycles. The summed E-state index contributed by atoms with van der Waals surface area (Å²) in [4.78, 5) is 50.2. The van der Waals surface area contributed by atoms with Crippen LogP contribution in [0.15, 0.2) is 42.7 Å². The van der Waals surface area contributed by atoms with Gasteiger partial charge in [-0.2, -0.15) is 5.26 Å². The number of nitriles is 1. The minimum absolute atomic E-state index is 0.128. The summed E-state index contributed by atoms with van der Waals surface area (Å²) in [5.74, 6) is -0.0375. The third-order valence-corrected chi connectivity index (χ3v) is 5.45. The Morgan fingerprint density at radius 2 is 1.80 bits per heavy atom. The van der Waals surface area contributed by atoms with E-state index in [1.165, 1.54) is 0 Å². The molecule has 3 rings (SSSR count). The fourth-order valence-electron chi connectivity index (χ4n) is 3.70. The van der Waals surface area contributed by atoms with Gasteiger partial charge in [0.25, 0.3) is 5.91 Å². The van der Waals surface area contributed by atoms with Gasteiger partial charge < -0.3 is 25.8 Å². The third kappa shape index (κ3) is 7.40. The van der Waals surface area contributed by atoms with Gasteiger partial charge in [0.05, 0.1) is 6.07 Å².